The van der Waals surface area contributed by atoms with Crippen molar-refractivity contribution in [3.8, 4) is 0 Å². The molecule has 0 spiro atoms. The van der Waals surface area contributed by atoms with Gasteiger partial charge in [0.25, 0.3) is 0 Å². The van der Waals surface area contributed by atoms with Crippen molar-refractivity contribution >= 4 is 11.8 Å². The van der Waals surface area contributed by atoms with Gasteiger partial charge in [-0.1, -0.05) is 0 Å². The molecular formula is C29H55N3O16. The topological polar surface area (TPSA) is 257 Å². The summed E-state index contributed by atoms with van der Waals surface area (Å²) in [5.41, 5.74) is 0. The number of rotatable bonds is 24. The molecule has 0 saturated carbocycles. The Labute approximate surface area is 280 Å². The molecule has 8 N–H and O–H groups in total. The van der Waals surface area contributed by atoms with Gasteiger partial charge in [0.15, 0.2) is 12.6 Å². The van der Waals surface area contributed by atoms with Crippen LogP contribution in [-0.2, 0) is 47.5 Å². The zero-order valence-electron chi connectivity index (χ0n) is 27.9. The van der Waals surface area contributed by atoms with E-state index in [0.717, 1.165) is 0 Å². The van der Waals surface area contributed by atoms with Crippen LogP contribution in [0.1, 0.15) is 13.8 Å². The van der Waals surface area contributed by atoms with E-state index in [-0.39, 0.29) is 26.4 Å². The molecule has 0 aliphatic carbocycles. The quantitative estimate of drug-likeness (QED) is 0.0438. The SMILES string of the molecule is CC(=O)N[C@@H]1C(OCCOCCOCCN(C)CCOCCOCCOC2OC(CO)[C@H](O)C(O)[C@@H]2NC(C)=O)OC(CO)[C@H](O)C1O. The Balaban J connectivity index is 1.44. The third kappa shape index (κ3) is 15.1. The van der Waals surface area contributed by atoms with Crippen molar-refractivity contribution in [1.82, 2.24) is 15.5 Å². The largest absolute Gasteiger partial charge is 0.394 e. The molecule has 282 valence electrons. The normalized spacial score (nSPS) is 30.8. The number of carbonyl (C=O) groups is 2. The van der Waals surface area contributed by atoms with Crippen LogP contribution in [0.3, 0.4) is 0 Å². The molecule has 0 aromatic rings. The highest BCUT2D eigenvalue weighted by Crippen LogP contribution is 2.23. The molecule has 2 amide bonds. The van der Waals surface area contributed by atoms with Gasteiger partial charge in [-0.05, 0) is 7.05 Å². The van der Waals surface area contributed by atoms with Crippen molar-refractivity contribution in [3.05, 3.63) is 0 Å². The van der Waals surface area contributed by atoms with Gasteiger partial charge >= 0.3 is 0 Å². The van der Waals surface area contributed by atoms with E-state index in [0.29, 0.717) is 52.7 Å². The van der Waals surface area contributed by atoms with Crippen molar-refractivity contribution in [3.63, 3.8) is 0 Å². The Morgan fingerprint density at radius 3 is 1.25 bits per heavy atom. The van der Waals surface area contributed by atoms with Crippen LogP contribution in [0.25, 0.3) is 0 Å². The minimum absolute atomic E-state index is 0.0850. The standard InChI is InChI=1S/C29H55N3O16/c1-18(35)30-22-26(39)24(37)20(16-33)47-28(22)45-14-12-43-10-8-41-6-4-32(3)5-7-42-9-11-44-13-15-46-29-23(31-19(2)36)27(40)25(38)21(17-34)48-29/h20-29,33-34,37-40H,4-17H2,1-3H3,(H,30,35)(H,31,36)/t20?,21?,22-,23-,24-,25-,26?,27?,28?,29?/m0/s1. The second-order valence-corrected chi connectivity index (χ2v) is 11.4. The lowest BCUT2D eigenvalue weighted by Crippen LogP contribution is -2.64. The zero-order chi connectivity index (χ0) is 35.5. The van der Waals surface area contributed by atoms with Gasteiger partial charge in [-0.3, -0.25) is 9.59 Å². The van der Waals surface area contributed by atoms with Crippen LogP contribution in [0.2, 0.25) is 0 Å². The molecule has 0 bridgehead atoms. The van der Waals surface area contributed by atoms with E-state index in [1.807, 2.05) is 11.9 Å². The van der Waals surface area contributed by atoms with E-state index in [9.17, 15) is 40.2 Å². The summed E-state index contributed by atoms with van der Waals surface area (Å²) in [7, 11) is 1.94. The Hall–Kier alpha value is -1.66. The maximum absolute atomic E-state index is 11.5. The number of hydrogen-bond acceptors (Lipinski definition) is 17. The van der Waals surface area contributed by atoms with Crippen LogP contribution in [0.4, 0.5) is 0 Å². The predicted molar refractivity (Wildman–Crippen MR) is 163 cm³/mol. The van der Waals surface area contributed by atoms with E-state index in [1.54, 1.807) is 0 Å². The summed E-state index contributed by atoms with van der Waals surface area (Å²) in [6.07, 6.45) is -9.73. The number of amides is 2. The molecule has 19 nitrogen and oxygen atoms in total. The van der Waals surface area contributed by atoms with Crippen LogP contribution < -0.4 is 10.6 Å². The minimum atomic E-state index is -1.38. The fourth-order valence-electron chi connectivity index (χ4n) is 4.87. The van der Waals surface area contributed by atoms with Gasteiger partial charge in [-0.2, -0.15) is 0 Å². The van der Waals surface area contributed by atoms with Crippen molar-refractivity contribution in [2.24, 2.45) is 0 Å². The summed E-state index contributed by atoms with van der Waals surface area (Å²) in [6, 6.07) is -2.01. The lowest BCUT2D eigenvalue weighted by atomic mass is 9.97. The molecule has 0 aromatic heterocycles. The molecule has 6 unspecified atom stereocenters. The average Bonchev–Trinajstić information content (AvgIpc) is 3.05. The molecule has 48 heavy (non-hydrogen) atoms. The van der Waals surface area contributed by atoms with Crippen molar-refractivity contribution < 1.29 is 78.1 Å². The molecular weight excluding hydrogens is 646 g/mol. The molecule has 19 heteroatoms. The van der Waals surface area contributed by atoms with Crippen molar-refractivity contribution in [2.45, 2.75) is 75.1 Å². The number of ether oxygens (including phenoxy) is 8. The molecule has 2 saturated heterocycles. The van der Waals surface area contributed by atoms with Crippen LogP contribution >= 0.6 is 0 Å². The number of nitrogens with zero attached hydrogens (tertiary/aromatic N) is 1. The number of carbonyl (C=O) groups excluding carboxylic acids is 2. The van der Waals surface area contributed by atoms with E-state index in [1.165, 1.54) is 13.8 Å². The fraction of sp³-hybridized carbons (Fsp3) is 0.931. The third-order valence-electron chi connectivity index (χ3n) is 7.50. The highest BCUT2D eigenvalue weighted by Gasteiger charge is 2.46. The lowest BCUT2D eigenvalue weighted by molar-refractivity contribution is -0.272. The highest BCUT2D eigenvalue weighted by molar-refractivity contribution is 5.73. The maximum Gasteiger partial charge on any atom is 0.217 e. The fourth-order valence-corrected chi connectivity index (χ4v) is 4.87. The van der Waals surface area contributed by atoms with Gasteiger partial charge in [0.05, 0.1) is 79.3 Å². The van der Waals surface area contributed by atoms with Crippen LogP contribution in [-0.4, -0.2) is 208 Å². The second kappa shape index (κ2) is 23.7. The average molecular weight is 702 g/mol. The molecule has 0 radical (unpaired) electrons. The number of hydrogen-bond donors (Lipinski definition) is 8. The monoisotopic (exact) mass is 701 g/mol. The summed E-state index contributed by atoms with van der Waals surface area (Å²) < 4.78 is 44.3. The van der Waals surface area contributed by atoms with E-state index in [2.05, 4.69) is 10.6 Å². The van der Waals surface area contributed by atoms with Crippen LogP contribution in [0, 0.1) is 0 Å². The van der Waals surface area contributed by atoms with Gasteiger partial charge in [0, 0.05) is 26.9 Å². The van der Waals surface area contributed by atoms with Gasteiger partial charge in [0.1, 0.15) is 48.7 Å². The number of aliphatic hydroxyl groups excluding tert-OH is 6. The van der Waals surface area contributed by atoms with Crippen LogP contribution in [0.5, 0.6) is 0 Å². The Kier molecular flexibility index (Phi) is 21.0. The summed E-state index contributed by atoms with van der Waals surface area (Å²) in [5, 5.41) is 64.3. The molecule has 0 aromatic carbocycles. The first-order valence-corrected chi connectivity index (χ1v) is 16.0. The highest BCUT2D eigenvalue weighted by atomic mass is 16.7. The maximum atomic E-state index is 11.5. The number of nitrogens with one attached hydrogen (secondary N) is 2. The molecule has 10 atom stereocenters. The Morgan fingerprint density at radius 1 is 0.583 bits per heavy atom. The number of aliphatic hydroxyl groups is 6. The predicted octanol–water partition coefficient (Wildman–Crippen LogP) is -5.09. The Morgan fingerprint density at radius 2 is 0.917 bits per heavy atom. The van der Waals surface area contributed by atoms with Gasteiger partial charge in [-0.25, -0.2) is 0 Å². The molecule has 2 aliphatic heterocycles. The lowest BCUT2D eigenvalue weighted by Gasteiger charge is -2.42. The van der Waals surface area contributed by atoms with Crippen molar-refractivity contribution in [1.29, 1.82) is 0 Å². The van der Waals surface area contributed by atoms with E-state index in [4.69, 9.17) is 37.9 Å². The summed E-state index contributed by atoms with van der Waals surface area (Å²) >= 11 is 0. The minimum Gasteiger partial charge on any atom is -0.394 e. The molecule has 2 aliphatic rings. The van der Waals surface area contributed by atoms with Gasteiger partial charge in [0.2, 0.25) is 11.8 Å². The summed E-state index contributed by atoms with van der Waals surface area (Å²) in [5.74, 6) is -0.863. The first-order chi connectivity index (χ1) is 23.0. The first kappa shape index (κ1) is 42.5. The molecule has 2 fully saturated rings. The first-order valence-electron chi connectivity index (χ1n) is 16.0. The van der Waals surface area contributed by atoms with E-state index >= 15 is 0 Å². The summed E-state index contributed by atoms with van der Waals surface area (Å²) in [6.45, 7) is 5.73. The summed E-state index contributed by atoms with van der Waals surface area (Å²) in [4.78, 5) is 25.0. The Bertz CT molecular complexity index is 825. The number of likely N-dealkylation sites (N-methyl/N-ethyl adjacent to an activating group) is 1. The van der Waals surface area contributed by atoms with E-state index < -0.39 is 86.3 Å². The zero-order valence-corrected chi connectivity index (χ0v) is 27.9. The van der Waals surface area contributed by atoms with Gasteiger partial charge < -0.3 is 84.1 Å². The van der Waals surface area contributed by atoms with Crippen molar-refractivity contribution in [2.75, 3.05) is 99.4 Å². The smallest absolute Gasteiger partial charge is 0.217 e. The third-order valence-corrected chi connectivity index (χ3v) is 7.50. The molecule has 2 rings (SSSR count). The molecule has 2 heterocycles. The second-order valence-electron chi connectivity index (χ2n) is 11.4. The van der Waals surface area contributed by atoms with Gasteiger partial charge in [-0.15, -0.1) is 0 Å². The van der Waals surface area contributed by atoms with Crippen LogP contribution in [0.15, 0.2) is 0 Å².